The molecule has 0 unspecified atom stereocenters. The summed E-state index contributed by atoms with van der Waals surface area (Å²) in [6.07, 6.45) is -0.416. The van der Waals surface area contributed by atoms with Gasteiger partial charge in [-0.25, -0.2) is 0 Å². The number of nitrogens with zero attached hydrogens (tertiary/aromatic N) is 1. The molecule has 4 rings (SSSR count). The average molecular weight is 370 g/mol. The molecule has 1 amide bonds. The summed E-state index contributed by atoms with van der Waals surface area (Å²) in [4.78, 5) is 17.9. The number of benzene rings is 2. The first kappa shape index (κ1) is 17.0. The van der Waals surface area contributed by atoms with E-state index < -0.39 is 6.10 Å². The van der Waals surface area contributed by atoms with Gasteiger partial charge in [-0.15, -0.1) is 0 Å². The van der Waals surface area contributed by atoms with Crippen molar-refractivity contribution in [1.29, 1.82) is 0 Å². The van der Waals surface area contributed by atoms with Gasteiger partial charge in [0.1, 0.15) is 11.5 Å². The minimum Gasteiger partial charge on any atom is -0.497 e. The molecule has 140 valence electrons. The molecule has 2 aromatic carbocycles. The van der Waals surface area contributed by atoms with Gasteiger partial charge in [0.15, 0.2) is 11.5 Å². The molecule has 2 heterocycles. The van der Waals surface area contributed by atoms with E-state index in [1.54, 1.807) is 50.6 Å². The van der Waals surface area contributed by atoms with Gasteiger partial charge in [-0.2, -0.15) is 0 Å². The number of carbonyl (C=O) groups excluding carboxylic acids is 1. The van der Waals surface area contributed by atoms with E-state index in [-0.39, 0.29) is 12.7 Å². The first-order chi connectivity index (χ1) is 13.2. The molecule has 2 aliphatic rings. The number of ether oxygens (including phenoxy) is 4. The van der Waals surface area contributed by atoms with Crippen molar-refractivity contribution >= 4 is 17.3 Å². The van der Waals surface area contributed by atoms with Crippen LogP contribution in [0.15, 0.2) is 41.6 Å². The fourth-order valence-corrected chi connectivity index (χ4v) is 2.91. The predicted octanol–water partition coefficient (Wildman–Crippen LogP) is 2.56. The summed E-state index contributed by atoms with van der Waals surface area (Å²) in [7, 11) is 3.16. The van der Waals surface area contributed by atoms with Crippen LogP contribution >= 0.6 is 0 Å². The highest BCUT2D eigenvalue weighted by Crippen LogP contribution is 2.34. The highest BCUT2D eigenvalue weighted by Gasteiger charge is 2.30. The minimum atomic E-state index is -0.735. The zero-order valence-corrected chi connectivity index (χ0v) is 14.9. The zero-order chi connectivity index (χ0) is 18.8. The maximum atomic E-state index is 12.5. The Bertz CT molecular complexity index is 911. The van der Waals surface area contributed by atoms with E-state index in [1.807, 2.05) is 0 Å². The third-order valence-corrected chi connectivity index (χ3v) is 4.32. The Balaban J connectivity index is 1.45. The highest BCUT2D eigenvalue weighted by atomic mass is 16.7. The van der Waals surface area contributed by atoms with Gasteiger partial charge in [0.25, 0.3) is 5.91 Å². The SMILES string of the molecule is COc1ccc(OC)c(C2=NO[C@H](C(=O)Nc3ccc4c(c3)OCO4)C2)c1. The van der Waals surface area contributed by atoms with E-state index in [4.69, 9.17) is 23.8 Å². The molecule has 0 aliphatic carbocycles. The van der Waals surface area contributed by atoms with E-state index >= 15 is 0 Å². The lowest BCUT2D eigenvalue weighted by molar-refractivity contribution is -0.125. The summed E-state index contributed by atoms with van der Waals surface area (Å²) in [5.41, 5.74) is 1.95. The second-order valence-corrected chi connectivity index (χ2v) is 5.96. The van der Waals surface area contributed by atoms with Gasteiger partial charge < -0.3 is 29.1 Å². The summed E-state index contributed by atoms with van der Waals surface area (Å²) in [6, 6.07) is 10.6. The van der Waals surface area contributed by atoms with Gasteiger partial charge in [0.2, 0.25) is 12.9 Å². The van der Waals surface area contributed by atoms with Crippen LogP contribution < -0.4 is 24.3 Å². The second-order valence-electron chi connectivity index (χ2n) is 5.96. The van der Waals surface area contributed by atoms with Gasteiger partial charge in [-0.3, -0.25) is 4.79 Å². The van der Waals surface area contributed by atoms with Crippen LogP contribution in [0.4, 0.5) is 5.69 Å². The molecule has 27 heavy (non-hydrogen) atoms. The van der Waals surface area contributed by atoms with E-state index in [0.717, 1.165) is 5.56 Å². The highest BCUT2D eigenvalue weighted by molar-refractivity contribution is 6.07. The van der Waals surface area contributed by atoms with Crippen LogP contribution in [0.5, 0.6) is 23.0 Å². The number of methoxy groups -OCH3 is 2. The number of carbonyl (C=O) groups is 1. The molecule has 0 fully saturated rings. The van der Waals surface area contributed by atoms with Crippen molar-refractivity contribution in [2.75, 3.05) is 26.3 Å². The van der Waals surface area contributed by atoms with Crippen molar-refractivity contribution in [2.45, 2.75) is 12.5 Å². The molecule has 1 N–H and O–H groups in total. The molecule has 8 heteroatoms. The Kier molecular flexibility index (Phi) is 4.45. The Morgan fingerprint density at radius 2 is 1.96 bits per heavy atom. The van der Waals surface area contributed by atoms with E-state index in [1.165, 1.54) is 0 Å². The van der Waals surface area contributed by atoms with Gasteiger partial charge >= 0.3 is 0 Å². The monoisotopic (exact) mass is 370 g/mol. The molecule has 0 saturated carbocycles. The van der Waals surface area contributed by atoms with Crippen molar-refractivity contribution in [1.82, 2.24) is 0 Å². The summed E-state index contributed by atoms with van der Waals surface area (Å²) < 4.78 is 21.2. The molecule has 2 aromatic rings. The Morgan fingerprint density at radius 3 is 2.78 bits per heavy atom. The number of fused-ring (bicyclic) bond motifs is 1. The van der Waals surface area contributed by atoms with Crippen LogP contribution in [-0.4, -0.2) is 38.7 Å². The first-order valence-electron chi connectivity index (χ1n) is 8.33. The lowest BCUT2D eigenvalue weighted by Crippen LogP contribution is -2.28. The van der Waals surface area contributed by atoms with Crippen LogP contribution in [0.1, 0.15) is 12.0 Å². The quantitative estimate of drug-likeness (QED) is 0.870. The second kappa shape index (κ2) is 7.06. The fraction of sp³-hybridized carbons (Fsp3) is 0.263. The summed E-state index contributed by atoms with van der Waals surface area (Å²) in [5, 5.41) is 6.88. The van der Waals surface area contributed by atoms with E-state index in [9.17, 15) is 4.79 Å². The smallest absolute Gasteiger partial charge is 0.268 e. The Morgan fingerprint density at radius 1 is 1.11 bits per heavy atom. The van der Waals surface area contributed by atoms with Crippen LogP contribution in [0.2, 0.25) is 0 Å². The van der Waals surface area contributed by atoms with Gasteiger partial charge in [0, 0.05) is 23.7 Å². The van der Waals surface area contributed by atoms with Crippen molar-refractivity contribution in [2.24, 2.45) is 5.16 Å². The maximum Gasteiger partial charge on any atom is 0.268 e. The number of oxime groups is 1. The van der Waals surface area contributed by atoms with Crippen molar-refractivity contribution < 1.29 is 28.6 Å². The zero-order valence-electron chi connectivity index (χ0n) is 14.9. The molecule has 0 aromatic heterocycles. The normalized spacial score (nSPS) is 17.1. The minimum absolute atomic E-state index is 0.179. The number of hydrogen-bond acceptors (Lipinski definition) is 7. The number of anilines is 1. The maximum absolute atomic E-state index is 12.5. The van der Waals surface area contributed by atoms with Crippen LogP contribution in [-0.2, 0) is 9.63 Å². The molecule has 2 aliphatic heterocycles. The number of amides is 1. The van der Waals surface area contributed by atoms with Gasteiger partial charge in [0.05, 0.1) is 19.9 Å². The molecule has 0 saturated heterocycles. The van der Waals surface area contributed by atoms with Crippen molar-refractivity contribution in [3.8, 4) is 23.0 Å². The lowest BCUT2D eigenvalue weighted by Gasteiger charge is -2.11. The van der Waals surface area contributed by atoms with Crippen molar-refractivity contribution in [3.63, 3.8) is 0 Å². The molecule has 1 atom stereocenters. The number of hydrogen-bond donors (Lipinski definition) is 1. The van der Waals surface area contributed by atoms with Gasteiger partial charge in [-0.05, 0) is 30.3 Å². The molecular formula is C19H18N2O6. The third kappa shape index (κ3) is 3.33. The molecular weight excluding hydrogens is 352 g/mol. The molecule has 0 radical (unpaired) electrons. The van der Waals surface area contributed by atoms with Crippen LogP contribution in [0, 0.1) is 0 Å². The third-order valence-electron chi connectivity index (χ3n) is 4.32. The predicted molar refractivity (Wildman–Crippen MR) is 96.8 cm³/mol. The molecule has 0 bridgehead atoms. The van der Waals surface area contributed by atoms with Crippen LogP contribution in [0.3, 0.4) is 0 Å². The summed E-state index contributed by atoms with van der Waals surface area (Å²) in [5.74, 6) is 2.25. The standard InChI is InChI=1S/C19H18N2O6/c1-23-12-4-6-15(24-2)13(8-12)14-9-18(27-21-14)19(22)20-11-3-5-16-17(7-11)26-10-25-16/h3-8,18H,9-10H2,1-2H3,(H,20,22)/t18-/m0/s1. The Hall–Kier alpha value is -3.42. The van der Waals surface area contributed by atoms with E-state index in [0.29, 0.717) is 40.8 Å². The Labute approximate surface area is 155 Å². The number of rotatable bonds is 5. The van der Waals surface area contributed by atoms with Gasteiger partial charge in [-0.1, -0.05) is 5.16 Å². The molecule has 0 spiro atoms. The summed E-state index contributed by atoms with van der Waals surface area (Å²) in [6.45, 7) is 0.179. The lowest BCUT2D eigenvalue weighted by atomic mass is 10.0. The fourth-order valence-electron chi connectivity index (χ4n) is 2.91. The molecule has 8 nitrogen and oxygen atoms in total. The largest absolute Gasteiger partial charge is 0.497 e. The first-order valence-corrected chi connectivity index (χ1v) is 8.33. The van der Waals surface area contributed by atoms with Crippen LogP contribution in [0.25, 0.3) is 0 Å². The topological polar surface area (TPSA) is 87.6 Å². The number of nitrogens with one attached hydrogen (secondary N) is 1. The average Bonchev–Trinajstić information content (AvgIpc) is 3.36. The van der Waals surface area contributed by atoms with E-state index in [2.05, 4.69) is 10.5 Å². The summed E-state index contributed by atoms with van der Waals surface area (Å²) >= 11 is 0. The van der Waals surface area contributed by atoms with Crippen molar-refractivity contribution in [3.05, 3.63) is 42.0 Å².